The van der Waals surface area contributed by atoms with Gasteiger partial charge in [0.05, 0.1) is 0 Å². The molecule has 0 amide bonds. The lowest BCUT2D eigenvalue weighted by Gasteiger charge is -2.37. The molecular weight excluding hydrogens is 280 g/mol. The molecule has 2 aromatic carbocycles. The molecule has 1 heteroatoms. The molecule has 2 aliphatic rings. The summed E-state index contributed by atoms with van der Waals surface area (Å²) in [5.41, 5.74) is 5.74. The maximum absolute atomic E-state index is 6.02. The molecule has 0 heterocycles. The number of hydrogen-bond acceptors (Lipinski definition) is 1. The molecule has 2 aliphatic carbocycles. The van der Waals surface area contributed by atoms with Crippen molar-refractivity contribution in [1.29, 1.82) is 0 Å². The first-order chi connectivity index (χ1) is 11.3. The lowest BCUT2D eigenvalue weighted by Crippen LogP contribution is -2.24. The molecular formula is C22H24O. The van der Waals surface area contributed by atoms with Crippen molar-refractivity contribution in [2.75, 3.05) is 0 Å². The summed E-state index contributed by atoms with van der Waals surface area (Å²) in [7, 11) is 0. The summed E-state index contributed by atoms with van der Waals surface area (Å²) in [5.74, 6) is 0.962. The second-order valence-corrected chi connectivity index (χ2v) is 7.06. The van der Waals surface area contributed by atoms with Gasteiger partial charge in [-0.1, -0.05) is 55.8 Å². The van der Waals surface area contributed by atoms with Crippen LogP contribution in [-0.4, -0.2) is 0 Å². The van der Waals surface area contributed by atoms with Crippen LogP contribution < -0.4 is 4.74 Å². The van der Waals surface area contributed by atoms with Crippen LogP contribution in [0.4, 0.5) is 0 Å². The standard InChI is InChI=1S/C22H24O/c1-17-21-15-20(23-16-18-7-3-2-4-8-18)10-9-19(21)11-14-22(17)12-5-6-13-22/h2-4,7-10,15H,1,5-6,11-14,16H2. The zero-order valence-electron chi connectivity index (χ0n) is 13.7. The zero-order chi connectivity index (χ0) is 15.7. The van der Waals surface area contributed by atoms with Crippen LogP contribution in [0.3, 0.4) is 0 Å². The fourth-order valence-corrected chi connectivity index (χ4v) is 4.30. The minimum Gasteiger partial charge on any atom is -0.489 e. The van der Waals surface area contributed by atoms with Gasteiger partial charge in [0, 0.05) is 0 Å². The highest BCUT2D eigenvalue weighted by Crippen LogP contribution is 2.54. The molecule has 0 aromatic heterocycles. The summed E-state index contributed by atoms with van der Waals surface area (Å²) in [6.45, 7) is 5.12. The molecule has 23 heavy (non-hydrogen) atoms. The summed E-state index contributed by atoms with van der Waals surface area (Å²) >= 11 is 0. The van der Waals surface area contributed by atoms with Gasteiger partial charge in [-0.2, -0.15) is 0 Å². The molecule has 4 rings (SSSR count). The van der Waals surface area contributed by atoms with Crippen molar-refractivity contribution in [3.8, 4) is 5.75 Å². The Labute approximate surface area is 139 Å². The van der Waals surface area contributed by atoms with Crippen molar-refractivity contribution in [3.63, 3.8) is 0 Å². The Balaban J connectivity index is 1.56. The van der Waals surface area contributed by atoms with E-state index in [1.807, 2.05) is 6.07 Å². The Bertz CT molecular complexity index is 708. The van der Waals surface area contributed by atoms with Crippen molar-refractivity contribution >= 4 is 5.57 Å². The van der Waals surface area contributed by atoms with E-state index in [-0.39, 0.29) is 0 Å². The SMILES string of the molecule is C=C1c2cc(OCc3ccccc3)ccc2CCC12CCCC2. The summed E-state index contributed by atoms with van der Waals surface area (Å²) in [6, 6.07) is 16.9. The smallest absolute Gasteiger partial charge is 0.120 e. The van der Waals surface area contributed by atoms with Gasteiger partial charge in [-0.25, -0.2) is 0 Å². The molecule has 1 spiro atoms. The third-order valence-corrected chi connectivity index (χ3v) is 5.73. The molecule has 1 saturated carbocycles. The third kappa shape index (κ3) is 2.69. The van der Waals surface area contributed by atoms with E-state index in [1.54, 1.807) is 0 Å². The van der Waals surface area contributed by atoms with Crippen LogP contribution in [0.5, 0.6) is 5.75 Å². The molecule has 1 nitrogen and oxygen atoms in total. The highest BCUT2D eigenvalue weighted by molar-refractivity contribution is 5.74. The highest BCUT2D eigenvalue weighted by Gasteiger charge is 2.39. The normalized spacial score (nSPS) is 18.9. The Morgan fingerprint density at radius 2 is 1.74 bits per heavy atom. The van der Waals surface area contributed by atoms with Gasteiger partial charge in [0.15, 0.2) is 0 Å². The van der Waals surface area contributed by atoms with Crippen LogP contribution in [0.1, 0.15) is 48.8 Å². The zero-order valence-corrected chi connectivity index (χ0v) is 13.7. The number of fused-ring (bicyclic) bond motifs is 1. The van der Waals surface area contributed by atoms with Crippen molar-refractivity contribution in [1.82, 2.24) is 0 Å². The van der Waals surface area contributed by atoms with E-state index in [4.69, 9.17) is 4.74 Å². The maximum atomic E-state index is 6.02. The molecule has 0 radical (unpaired) electrons. The highest BCUT2D eigenvalue weighted by atomic mass is 16.5. The van der Waals surface area contributed by atoms with Gasteiger partial charge in [-0.3, -0.25) is 0 Å². The van der Waals surface area contributed by atoms with Crippen LogP contribution in [0.25, 0.3) is 5.57 Å². The largest absolute Gasteiger partial charge is 0.489 e. The average molecular weight is 304 g/mol. The molecule has 118 valence electrons. The van der Waals surface area contributed by atoms with Gasteiger partial charge < -0.3 is 4.74 Å². The first-order valence-corrected chi connectivity index (χ1v) is 8.76. The summed E-state index contributed by atoms with van der Waals surface area (Å²) in [5, 5.41) is 0. The van der Waals surface area contributed by atoms with E-state index in [0.29, 0.717) is 12.0 Å². The summed E-state index contributed by atoms with van der Waals surface area (Å²) in [6.07, 6.45) is 7.83. The fraction of sp³-hybridized carbons (Fsp3) is 0.364. The van der Waals surface area contributed by atoms with Gasteiger partial charge in [0.25, 0.3) is 0 Å². The first kappa shape index (κ1) is 14.6. The second kappa shape index (κ2) is 5.88. The van der Waals surface area contributed by atoms with Crippen LogP contribution in [0.15, 0.2) is 55.1 Å². The minimum atomic E-state index is 0.380. The maximum Gasteiger partial charge on any atom is 0.120 e. The summed E-state index contributed by atoms with van der Waals surface area (Å²) in [4.78, 5) is 0. The number of benzene rings is 2. The number of ether oxygens (including phenoxy) is 1. The summed E-state index contributed by atoms with van der Waals surface area (Å²) < 4.78 is 6.02. The van der Waals surface area contributed by atoms with E-state index in [0.717, 1.165) is 5.75 Å². The van der Waals surface area contributed by atoms with E-state index < -0.39 is 0 Å². The number of rotatable bonds is 3. The van der Waals surface area contributed by atoms with Gasteiger partial charge in [-0.05, 0) is 65.5 Å². The van der Waals surface area contributed by atoms with E-state index in [9.17, 15) is 0 Å². The van der Waals surface area contributed by atoms with Crippen molar-refractivity contribution in [2.24, 2.45) is 5.41 Å². The number of aryl methyl sites for hydroxylation is 1. The molecule has 0 unspecified atom stereocenters. The van der Waals surface area contributed by atoms with Crippen LogP contribution in [0.2, 0.25) is 0 Å². The van der Waals surface area contributed by atoms with Crippen LogP contribution >= 0.6 is 0 Å². The van der Waals surface area contributed by atoms with Gasteiger partial charge in [0.1, 0.15) is 12.4 Å². The molecule has 2 aromatic rings. The monoisotopic (exact) mass is 304 g/mol. The lowest BCUT2D eigenvalue weighted by molar-refractivity contribution is 0.305. The lowest BCUT2D eigenvalue weighted by atomic mass is 9.67. The van der Waals surface area contributed by atoms with Gasteiger partial charge in [0.2, 0.25) is 0 Å². The Kier molecular flexibility index (Phi) is 3.72. The first-order valence-electron chi connectivity index (χ1n) is 8.76. The molecule has 1 fully saturated rings. The fourth-order valence-electron chi connectivity index (χ4n) is 4.30. The Morgan fingerprint density at radius 3 is 2.52 bits per heavy atom. The van der Waals surface area contributed by atoms with Crippen molar-refractivity contribution < 1.29 is 4.74 Å². The Morgan fingerprint density at radius 1 is 0.957 bits per heavy atom. The van der Waals surface area contributed by atoms with E-state index in [2.05, 4.69) is 49.0 Å². The molecule has 0 saturated heterocycles. The Hall–Kier alpha value is -2.02. The van der Waals surface area contributed by atoms with Crippen LogP contribution in [0, 0.1) is 5.41 Å². The van der Waals surface area contributed by atoms with Crippen molar-refractivity contribution in [3.05, 3.63) is 71.8 Å². The molecule has 0 atom stereocenters. The molecule has 0 aliphatic heterocycles. The van der Waals surface area contributed by atoms with E-state index in [1.165, 1.54) is 60.8 Å². The minimum absolute atomic E-state index is 0.380. The number of allylic oxidation sites excluding steroid dienone is 1. The predicted molar refractivity (Wildman–Crippen MR) is 95.5 cm³/mol. The van der Waals surface area contributed by atoms with Crippen LogP contribution in [-0.2, 0) is 13.0 Å². The second-order valence-electron chi connectivity index (χ2n) is 7.06. The van der Waals surface area contributed by atoms with Crippen molar-refractivity contribution in [2.45, 2.75) is 45.1 Å². The number of hydrogen-bond donors (Lipinski definition) is 0. The predicted octanol–water partition coefficient (Wildman–Crippen LogP) is 5.79. The molecule has 0 N–H and O–H groups in total. The average Bonchev–Trinajstić information content (AvgIpc) is 3.07. The molecule has 0 bridgehead atoms. The quantitative estimate of drug-likeness (QED) is 0.698. The van der Waals surface area contributed by atoms with E-state index >= 15 is 0 Å². The van der Waals surface area contributed by atoms with Gasteiger partial charge in [-0.15, -0.1) is 0 Å². The topological polar surface area (TPSA) is 9.23 Å². The van der Waals surface area contributed by atoms with Gasteiger partial charge >= 0.3 is 0 Å². The third-order valence-electron chi connectivity index (χ3n) is 5.73.